The van der Waals surface area contributed by atoms with Gasteiger partial charge in [-0.2, -0.15) is 0 Å². The molecule has 3 rings (SSSR count). The summed E-state index contributed by atoms with van der Waals surface area (Å²) in [5, 5.41) is 0. The monoisotopic (exact) mass is 301 g/mol. The molecular formula is C14H12BrN3. The lowest BCUT2D eigenvalue weighted by Crippen LogP contribution is -1.95. The van der Waals surface area contributed by atoms with Crippen LogP contribution in [0.25, 0.3) is 16.9 Å². The van der Waals surface area contributed by atoms with Crippen LogP contribution in [0.1, 0.15) is 5.56 Å². The number of imidazole rings is 1. The molecule has 0 saturated carbocycles. The average Bonchev–Trinajstić information content (AvgIpc) is 2.69. The van der Waals surface area contributed by atoms with E-state index in [1.54, 1.807) is 0 Å². The maximum Gasteiger partial charge on any atom is 0.142 e. The van der Waals surface area contributed by atoms with E-state index >= 15 is 0 Å². The molecule has 3 aromatic rings. The van der Waals surface area contributed by atoms with Crippen LogP contribution in [-0.2, 0) is 0 Å². The van der Waals surface area contributed by atoms with Gasteiger partial charge in [0.2, 0.25) is 0 Å². The normalized spacial score (nSPS) is 11.0. The van der Waals surface area contributed by atoms with Gasteiger partial charge < -0.3 is 5.73 Å². The minimum Gasteiger partial charge on any atom is -0.383 e. The first kappa shape index (κ1) is 11.3. The first-order valence-corrected chi connectivity index (χ1v) is 6.45. The molecule has 3 nitrogen and oxygen atoms in total. The molecule has 0 bridgehead atoms. The number of nitrogens with two attached hydrogens (primary N) is 1. The summed E-state index contributed by atoms with van der Waals surface area (Å²) in [4.78, 5) is 4.64. The Morgan fingerprint density at radius 1 is 1.22 bits per heavy atom. The smallest absolute Gasteiger partial charge is 0.142 e. The maximum absolute atomic E-state index is 6.19. The van der Waals surface area contributed by atoms with Gasteiger partial charge in [0.25, 0.3) is 0 Å². The molecule has 2 heterocycles. The fraction of sp³-hybridized carbons (Fsp3) is 0.0714. The number of hydrogen-bond acceptors (Lipinski definition) is 2. The third-order valence-corrected chi connectivity index (χ3v) is 3.39. The zero-order valence-electron chi connectivity index (χ0n) is 9.89. The van der Waals surface area contributed by atoms with Crippen molar-refractivity contribution in [3.63, 3.8) is 0 Å². The predicted octanol–water partition coefficient (Wildman–Crippen LogP) is 3.65. The molecule has 0 unspecified atom stereocenters. The number of nitrogen functional groups attached to an aromatic ring is 1. The lowest BCUT2D eigenvalue weighted by Gasteiger charge is -2.01. The van der Waals surface area contributed by atoms with E-state index in [-0.39, 0.29) is 0 Å². The second kappa shape index (κ2) is 4.14. The molecule has 2 N–H and O–H groups in total. The number of nitrogens with zero attached hydrogens (tertiary/aromatic N) is 2. The van der Waals surface area contributed by atoms with Crippen molar-refractivity contribution in [3.05, 3.63) is 52.6 Å². The van der Waals surface area contributed by atoms with Gasteiger partial charge in [0.1, 0.15) is 17.2 Å². The van der Waals surface area contributed by atoms with Gasteiger partial charge in [-0.25, -0.2) is 4.98 Å². The van der Waals surface area contributed by atoms with Crippen molar-refractivity contribution in [2.45, 2.75) is 6.92 Å². The van der Waals surface area contributed by atoms with Crippen molar-refractivity contribution in [2.24, 2.45) is 0 Å². The van der Waals surface area contributed by atoms with Crippen LogP contribution in [0.5, 0.6) is 0 Å². The fourth-order valence-corrected chi connectivity index (χ4v) is 2.64. The van der Waals surface area contributed by atoms with Crippen molar-refractivity contribution >= 4 is 27.4 Å². The number of fused-ring (bicyclic) bond motifs is 1. The summed E-state index contributed by atoms with van der Waals surface area (Å²) in [6.45, 7) is 2.03. The van der Waals surface area contributed by atoms with Gasteiger partial charge in [0.15, 0.2) is 0 Å². The molecule has 4 heteroatoms. The van der Waals surface area contributed by atoms with Crippen molar-refractivity contribution in [1.29, 1.82) is 0 Å². The van der Waals surface area contributed by atoms with Crippen LogP contribution in [0.3, 0.4) is 0 Å². The van der Waals surface area contributed by atoms with Gasteiger partial charge in [0, 0.05) is 16.2 Å². The molecule has 0 radical (unpaired) electrons. The molecule has 0 spiro atoms. The second-order valence-corrected chi connectivity index (χ2v) is 5.16. The van der Waals surface area contributed by atoms with Crippen LogP contribution in [0.15, 0.2) is 47.1 Å². The zero-order valence-corrected chi connectivity index (χ0v) is 11.5. The Morgan fingerprint density at radius 3 is 2.67 bits per heavy atom. The Labute approximate surface area is 113 Å². The van der Waals surface area contributed by atoms with Crippen molar-refractivity contribution in [1.82, 2.24) is 9.38 Å². The molecule has 1 aromatic carbocycles. The van der Waals surface area contributed by atoms with Crippen LogP contribution in [0, 0.1) is 6.92 Å². The van der Waals surface area contributed by atoms with E-state index in [1.807, 2.05) is 53.9 Å². The maximum atomic E-state index is 6.19. The Bertz CT molecular complexity index is 717. The number of pyridine rings is 1. The molecule has 0 aliphatic carbocycles. The molecule has 0 fully saturated rings. The molecule has 90 valence electrons. The number of halogens is 1. The highest BCUT2D eigenvalue weighted by Crippen LogP contribution is 2.28. The van der Waals surface area contributed by atoms with E-state index in [2.05, 4.69) is 20.9 Å². The topological polar surface area (TPSA) is 43.3 Å². The minimum atomic E-state index is 0.667. The van der Waals surface area contributed by atoms with Crippen molar-refractivity contribution < 1.29 is 0 Å². The number of rotatable bonds is 1. The highest BCUT2D eigenvalue weighted by atomic mass is 79.9. The summed E-state index contributed by atoms with van der Waals surface area (Å²) in [6, 6.07) is 12.0. The Balaban J connectivity index is 2.33. The lowest BCUT2D eigenvalue weighted by molar-refractivity contribution is 1.16. The molecule has 0 aliphatic heterocycles. The Morgan fingerprint density at radius 2 is 1.94 bits per heavy atom. The predicted molar refractivity (Wildman–Crippen MR) is 77.5 cm³/mol. The van der Waals surface area contributed by atoms with E-state index in [9.17, 15) is 0 Å². The fourth-order valence-electron chi connectivity index (χ4n) is 2.09. The molecule has 0 aliphatic rings. The number of benzene rings is 1. The zero-order chi connectivity index (χ0) is 12.7. The number of anilines is 1. The molecule has 0 amide bonds. The highest BCUT2D eigenvalue weighted by Gasteiger charge is 2.12. The van der Waals surface area contributed by atoms with Crippen LogP contribution >= 0.6 is 15.9 Å². The molecule has 0 atom stereocenters. The third-order valence-electron chi connectivity index (χ3n) is 2.95. The number of aromatic nitrogens is 2. The summed E-state index contributed by atoms with van der Waals surface area (Å²) in [5.74, 6) is 0.667. The quantitative estimate of drug-likeness (QED) is 0.745. The van der Waals surface area contributed by atoms with Crippen LogP contribution < -0.4 is 5.73 Å². The summed E-state index contributed by atoms with van der Waals surface area (Å²) < 4.78 is 2.91. The summed E-state index contributed by atoms with van der Waals surface area (Å²) in [7, 11) is 0. The van der Waals surface area contributed by atoms with Gasteiger partial charge in [-0.3, -0.25) is 4.40 Å². The number of aryl methyl sites for hydroxylation is 1. The first-order chi connectivity index (χ1) is 8.66. The van der Waals surface area contributed by atoms with Crippen LogP contribution in [0.4, 0.5) is 5.82 Å². The second-order valence-electron chi connectivity index (χ2n) is 4.25. The van der Waals surface area contributed by atoms with E-state index in [1.165, 1.54) is 0 Å². The minimum absolute atomic E-state index is 0.667. The van der Waals surface area contributed by atoms with Gasteiger partial charge >= 0.3 is 0 Å². The van der Waals surface area contributed by atoms with E-state index in [4.69, 9.17) is 5.73 Å². The van der Waals surface area contributed by atoms with E-state index in [0.29, 0.717) is 5.82 Å². The molecule has 0 saturated heterocycles. The first-order valence-electron chi connectivity index (χ1n) is 5.66. The van der Waals surface area contributed by atoms with Crippen LogP contribution in [-0.4, -0.2) is 9.38 Å². The Kier molecular flexibility index (Phi) is 2.59. The van der Waals surface area contributed by atoms with Gasteiger partial charge in [-0.1, -0.05) is 30.3 Å². The largest absolute Gasteiger partial charge is 0.383 e. The van der Waals surface area contributed by atoms with Crippen LogP contribution in [0.2, 0.25) is 0 Å². The van der Waals surface area contributed by atoms with Crippen molar-refractivity contribution in [3.8, 4) is 11.3 Å². The molecular weight excluding hydrogens is 290 g/mol. The Hall–Kier alpha value is -1.81. The molecule has 2 aromatic heterocycles. The summed E-state index contributed by atoms with van der Waals surface area (Å²) >= 11 is 3.48. The summed E-state index contributed by atoms with van der Waals surface area (Å²) in [5.41, 5.74) is 10.0. The van der Waals surface area contributed by atoms with Gasteiger partial charge in [0.05, 0.1) is 0 Å². The average molecular weight is 302 g/mol. The highest BCUT2D eigenvalue weighted by molar-refractivity contribution is 9.10. The molecule has 18 heavy (non-hydrogen) atoms. The van der Waals surface area contributed by atoms with Gasteiger partial charge in [-0.15, -0.1) is 0 Å². The standard InChI is InChI=1S/C14H12BrN3/c1-9-7-11(15)8-18-13(16)12(17-14(9)18)10-5-3-2-4-6-10/h2-8H,16H2,1H3. The lowest BCUT2D eigenvalue weighted by atomic mass is 10.1. The third kappa shape index (κ3) is 1.69. The number of hydrogen-bond donors (Lipinski definition) is 1. The SMILES string of the molecule is Cc1cc(Br)cn2c(N)c(-c3ccccc3)nc12. The van der Waals surface area contributed by atoms with Crippen molar-refractivity contribution in [2.75, 3.05) is 5.73 Å². The summed E-state index contributed by atoms with van der Waals surface area (Å²) in [6.07, 6.45) is 1.94. The van der Waals surface area contributed by atoms with E-state index < -0.39 is 0 Å². The van der Waals surface area contributed by atoms with E-state index in [0.717, 1.165) is 26.9 Å². The van der Waals surface area contributed by atoms with Gasteiger partial charge in [-0.05, 0) is 34.5 Å².